The number of aliphatic hydroxyl groups is 2. The monoisotopic (exact) mass is 184 g/mol. The molecule has 1 aromatic rings. The Morgan fingerprint density at radius 1 is 1.31 bits per heavy atom. The van der Waals surface area contributed by atoms with Gasteiger partial charge in [-0.3, -0.25) is 0 Å². The lowest BCUT2D eigenvalue weighted by molar-refractivity contribution is -0.678. The Bertz CT molecular complexity index is 323. The van der Waals surface area contributed by atoms with Crippen molar-refractivity contribution in [1.82, 2.24) is 0 Å². The summed E-state index contributed by atoms with van der Waals surface area (Å²) in [5.74, 6) is 0.0524. The topological polar surface area (TPSA) is 64.6 Å². The number of nitrogens with zero attached hydrogens (tertiary/aromatic N) is 1. The quantitative estimate of drug-likeness (QED) is 0.543. The third-order valence-corrected chi connectivity index (χ3v) is 2.22. The summed E-state index contributed by atoms with van der Waals surface area (Å²) >= 11 is 0. The summed E-state index contributed by atoms with van der Waals surface area (Å²) in [6.07, 6.45) is 1.70. The number of hydrogen-bond acceptors (Lipinski definition) is 3. The summed E-state index contributed by atoms with van der Waals surface area (Å²) in [6.45, 7) is 1.30. The summed E-state index contributed by atoms with van der Waals surface area (Å²) in [7, 11) is 1.77. The first kappa shape index (κ1) is 9.95. The van der Waals surface area contributed by atoms with Crippen LogP contribution >= 0.6 is 0 Å². The van der Waals surface area contributed by atoms with Gasteiger partial charge in [0.2, 0.25) is 5.69 Å². The van der Waals surface area contributed by atoms with Crippen molar-refractivity contribution in [2.24, 2.45) is 7.05 Å². The molecule has 4 heteroatoms. The SMILES string of the molecule is Cc1c(O)c(CO)c(CO)c[n+]1C. The molecular formula is C9H14NO3+. The molecule has 0 unspecified atom stereocenters. The normalized spacial score (nSPS) is 10.5. The lowest BCUT2D eigenvalue weighted by Crippen LogP contribution is -2.33. The average molecular weight is 184 g/mol. The van der Waals surface area contributed by atoms with Gasteiger partial charge in [0, 0.05) is 12.5 Å². The minimum atomic E-state index is -0.261. The molecule has 4 nitrogen and oxygen atoms in total. The van der Waals surface area contributed by atoms with Crippen molar-refractivity contribution < 1.29 is 19.9 Å². The molecule has 0 radical (unpaired) electrons. The molecule has 0 fully saturated rings. The molecule has 1 heterocycles. The number of aryl methyl sites for hydroxylation is 1. The zero-order valence-electron chi connectivity index (χ0n) is 7.78. The van der Waals surface area contributed by atoms with Gasteiger partial charge in [-0.25, -0.2) is 4.57 Å². The van der Waals surface area contributed by atoms with E-state index in [-0.39, 0.29) is 19.0 Å². The molecule has 0 saturated carbocycles. The molecule has 0 bridgehead atoms. The zero-order chi connectivity index (χ0) is 10.0. The highest BCUT2D eigenvalue weighted by atomic mass is 16.3. The van der Waals surface area contributed by atoms with Gasteiger partial charge in [-0.05, 0) is 0 Å². The van der Waals surface area contributed by atoms with Gasteiger partial charge in [-0.1, -0.05) is 0 Å². The van der Waals surface area contributed by atoms with Crippen molar-refractivity contribution in [2.75, 3.05) is 0 Å². The first-order valence-electron chi connectivity index (χ1n) is 4.03. The second-order valence-electron chi connectivity index (χ2n) is 2.99. The fraction of sp³-hybridized carbons (Fsp3) is 0.444. The van der Waals surface area contributed by atoms with Crippen LogP contribution in [0.4, 0.5) is 0 Å². The lowest BCUT2D eigenvalue weighted by atomic mass is 10.1. The molecule has 0 saturated heterocycles. The Morgan fingerprint density at radius 3 is 2.38 bits per heavy atom. The van der Waals surface area contributed by atoms with Crippen molar-refractivity contribution in [3.63, 3.8) is 0 Å². The molecule has 0 aromatic carbocycles. The van der Waals surface area contributed by atoms with E-state index in [0.717, 1.165) is 0 Å². The smallest absolute Gasteiger partial charge is 0.220 e. The van der Waals surface area contributed by atoms with Crippen LogP contribution in [0.3, 0.4) is 0 Å². The lowest BCUT2D eigenvalue weighted by Gasteiger charge is -2.07. The first-order chi connectivity index (χ1) is 6.11. The standard InChI is InChI=1S/C9H13NO3/c1-6-9(13)8(5-12)7(4-11)3-10(6)2/h3,11-12H,4-5H2,1-2H3/p+1. The molecule has 13 heavy (non-hydrogen) atoms. The number of aromatic hydroxyl groups is 1. The summed E-state index contributed by atoms with van der Waals surface area (Å²) in [4.78, 5) is 0. The third-order valence-electron chi connectivity index (χ3n) is 2.22. The van der Waals surface area contributed by atoms with Gasteiger partial charge in [0.15, 0.2) is 11.9 Å². The van der Waals surface area contributed by atoms with E-state index in [1.54, 1.807) is 24.7 Å². The number of aliphatic hydroxyl groups excluding tert-OH is 2. The molecule has 3 N–H and O–H groups in total. The fourth-order valence-electron chi connectivity index (χ4n) is 1.26. The maximum Gasteiger partial charge on any atom is 0.220 e. The zero-order valence-corrected chi connectivity index (χ0v) is 7.78. The molecule has 0 aliphatic heterocycles. The Kier molecular flexibility index (Phi) is 2.85. The number of rotatable bonds is 2. The molecular weight excluding hydrogens is 170 g/mol. The molecule has 1 rings (SSSR count). The predicted octanol–water partition coefficient (Wildman–Crippen LogP) is -0.490. The Hall–Kier alpha value is -1.13. The van der Waals surface area contributed by atoms with Crippen molar-refractivity contribution in [2.45, 2.75) is 20.1 Å². The van der Waals surface area contributed by atoms with E-state index in [0.29, 0.717) is 16.8 Å². The Labute approximate surface area is 76.7 Å². The summed E-state index contributed by atoms with van der Waals surface area (Å²) in [6, 6.07) is 0. The van der Waals surface area contributed by atoms with Gasteiger partial charge in [0.1, 0.15) is 7.05 Å². The highest BCUT2D eigenvalue weighted by Crippen LogP contribution is 2.22. The van der Waals surface area contributed by atoms with Gasteiger partial charge < -0.3 is 15.3 Å². The maximum atomic E-state index is 9.60. The average Bonchev–Trinajstić information content (AvgIpc) is 2.13. The fourth-order valence-corrected chi connectivity index (χ4v) is 1.26. The molecule has 0 aliphatic carbocycles. The summed E-state index contributed by atoms with van der Waals surface area (Å²) in [5, 5.41) is 27.5. The third kappa shape index (κ3) is 1.64. The van der Waals surface area contributed by atoms with Crippen molar-refractivity contribution in [3.05, 3.63) is 23.0 Å². The van der Waals surface area contributed by atoms with Gasteiger partial charge in [-0.2, -0.15) is 0 Å². The second-order valence-corrected chi connectivity index (χ2v) is 2.99. The maximum absolute atomic E-state index is 9.60. The van der Waals surface area contributed by atoms with Crippen molar-refractivity contribution in [3.8, 4) is 5.75 Å². The van der Waals surface area contributed by atoms with Gasteiger partial charge in [0.25, 0.3) is 0 Å². The highest BCUT2D eigenvalue weighted by molar-refractivity contribution is 5.37. The molecule has 0 spiro atoms. The van der Waals surface area contributed by atoms with Crippen molar-refractivity contribution in [1.29, 1.82) is 0 Å². The van der Waals surface area contributed by atoms with Crippen LogP contribution in [0.25, 0.3) is 0 Å². The van der Waals surface area contributed by atoms with E-state index in [1.807, 2.05) is 0 Å². The van der Waals surface area contributed by atoms with E-state index in [9.17, 15) is 5.11 Å². The molecule has 0 atom stereocenters. The first-order valence-corrected chi connectivity index (χ1v) is 4.03. The number of hydrogen-bond donors (Lipinski definition) is 3. The molecule has 0 aliphatic rings. The van der Waals surface area contributed by atoms with E-state index < -0.39 is 0 Å². The number of pyridine rings is 1. The minimum absolute atomic E-state index is 0.0524. The van der Waals surface area contributed by atoms with E-state index >= 15 is 0 Å². The van der Waals surface area contributed by atoms with Crippen LogP contribution in [0.5, 0.6) is 5.75 Å². The van der Waals surface area contributed by atoms with E-state index in [4.69, 9.17) is 10.2 Å². The van der Waals surface area contributed by atoms with Crippen LogP contribution in [-0.4, -0.2) is 15.3 Å². The number of aromatic nitrogens is 1. The second kappa shape index (κ2) is 3.72. The van der Waals surface area contributed by atoms with Crippen LogP contribution in [0.1, 0.15) is 16.8 Å². The van der Waals surface area contributed by atoms with Gasteiger partial charge >= 0.3 is 0 Å². The van der Waals surface area contributed by atoms with Crippen LogP contribution in [0.2, 0.25) is 0 Å². The van der Waals surface area contributed by atoms with E-state index in [2.05, 4.69) is 0 Å². The van der Waals surface area contributed by atoms with Crippen LogP contribution in [0.15, 0.2) is 6.20 Å². The minimum Gasteiger partial charge on any atom is -0.502 e. The summed E-state index contributed by atoms with van der Waals surface area (Å²) in [5.41, 5.74) is 1.62. The van der Waals surface area contributed by atoms with Crippen LogP contribution in [-0.2, 0) is 20.3 Å². The Morgan fingerprint density at radius 2 is 1.92 bits per heavy atom. The summed E-state index contributed by atoms with van der Waals surface area (Å²) < 4.78 is 1.71. The highest BCUT2D eigenvalue weighted by Gasteiger charge is 2.17. The molecule has 72 valence electrons. The van der Waals surface area contributed by atoms with E-state index in [1.165, 1.54) is 0 Å². The largest absolute Gasteiger partial charge is 0.502 e. The molecule has 1 aromatic heterocycles. The van der Waals surface area contributed by atoms with Crippen LogP contribution in [0, 0.1) is 6.92 Å². The van der Waals surface area contributed by atoms with Gasteiger partial charge in [0.05, 0.1) is 18.8 Å². The van der Waals surface area contributed by atoms with Crippen molar-refractivity contribution >= 4 is 0 Å². The van der Waals surface area contributed by atoms with Crippen LogP contribution < -0.4 is 4.57 Å². The Balaban J connectivity index is 3.39. The van der Waals surface area contributed by atoms with Gasteiger partial charge in [-0.15, -0.1) is 0 Å². The molecule has 0 amide bonds. The predicted molar refractivity (Wildman–Crippen MR) is 45.9 cm³/mol.